The van der Waals surface area contributed by atoms with Gasteiger partial charge in [-0.1, -0.05) is 6.92 Å². The summed E-state index contributed by atoms with van der Waals surface area (Å²) in [6.07, 6.45) is 2.10. The molecule has 0 amide bonds. The summed E-state index contributed by atoms with van der Waals surface area (Å²) in [5.74, 6) is 0.380. The fraction of sp³-hybridized carbons (Fsp3) is 0.538. The van der Waals surface area contributed by atoms with E-state index in [4.69, 9.17) is 15.6 Å². The van der Waals surface area contributed by atoms with E-state index in [9.17, 15) is 8.42 Å². The van der Waals surface area contributed by atoms with Crippen molar-refractivity contribution in [3.63, 3.8) is 0 Å². The van der Waals surface area contributed by atoms with Crippen molar-refractivity contribution in [2.24, 2.45) is 0 Å². The number of aliphatic hydroxyl groups is 1. The molecule has 2 rings (SSSR count). The van der Waals surface area contributed by atoms with Gasteiger partial charge in [0.05, 0.1) is 13.2 Å². The number of aryl methyl sites for hydroxylation is 1. The topological polar surface area (TPSA) is 102 Å². The van der Waals surface area contributed by atoms with E-state index in [0.717, 1.165) is 18.4 Å². The van der Waals surface area contributed by atoms with Crippen LogP contribution in [0.15, 0.2) is 17.0 Å². The van der Waals surface area contributed by atoms with Crippen molar-refractivity contribution in [3.05, 3.63) is 17.7 Å². The van der Waals surface area contributed by atoms with Gasteiger partial charge in [0, 0.05) is 11.7 Å². The smallest absolute Gasteiger partial charge is 0.244 e. The van der Waals surface area contributed by atoms with E-state index in [2.05, 4.69) is 4.72 Å². The molecule has 1 aliphatic heterocycles. The second-order valence-electron chi connectivity index (χ2n) is 4.87. The SMILES string of the molecule is CC[C@@H](CO)NS(=O)(=O)c1cc(N)cc2c1OCCC2. The number of nitrogen functional groups attached to an aromatic ring is 1. The van der Waals surface area contributed by atoms with Crippen LogP contribution in [0.1, 0.15) is 25.3 Å². The number of fused-ring (bicyclic) bond motifs is 1. The monoisotopic (exact) mass is 300 g/mol. The summed E-state index contributed by atoms with van der Waals surface area (Å²) in [6, 6.07) is 2.63. The van der Waals surface area contributed by atoms with Gasteiger partial charge in [-0.3, -0.25) is 0 Å². The molecule has 0 radical (unpaired) electrons. The number of anilines is 1. The largest absolute Gasteiger partial charge is 0.492 e. The van der Waals surface area contributed by atoms with Gasteiger partial charge >= 0.3 is 0 Å². The fourth-order valence-electron chi connectivity index (χ4n) is 2.20. The third-order valence-electron chi connectivity index (χ3n) is 3.32. The lowest BCUT2D eigenvalue weighted by atomic mass is 10.1. The minimum Gasteiger partial charge on any atom is -0.492 e. The number of aliphatic hydroxyl groups excluding tert-OH is 1. The van der Waals surface area contributed by atoms with Gasteiger partial charge in [0.25, 0.3) is 0 Å². The maximum atomic E-state index is 12.4. The molecule has 0 bridgehead atoms. The summed E-state index contributed by atoms with van der Waals surface area (Å²) < 4.78 is 32.8. The van der Waals surface area contributed by atoms with E-state index in [-0.39, 0.29) is 11.5 Å². The molecule has 1 aromatic carbocycles. The Bertz CT molecular complexity index is 582. The number of benzene rings is 1. The van der Waals surface area contributed by atoms with Gasteiger partial charge in [0.15, 0.2) is 0 Å². The number of nitrogens with one attached hydrogen (secondary N) is 1. The molecule has 0 fully saturated rings. The molecule has 0 aromatic heterocycles. The molecule has 0 aliphatic carbocycles. The van der Waals surface area contributed by atoms with E-state index in [1.807, 2.05) is 0 Å². The molecule has 1 aromatic rings. The van der Waals surface area contributed by atoms with Crippen molar-refractivity contribution in [1.82, 2.24) is 4.72 Å². The lowest BCUT2D eigenvalue weighted by molar-refractivity contribution is 0.253. The zero-order chi connectivity index (χ0) is 14.8. The predicted octanol–water partition coefficient (Wildman–Crippen LogP) is 0.643. The van der Waals surface area contributed by atoms with Crippen LogP contribution in [0.2, 0.25) is 0 Å². The summed E-state index contributed by atoms with van der Waals surface area (Å²) >= 11 is 0. The molecule has 0 saturated carbocycles. The summed E-state index contributed by atoms with van der Waals surface area (Å²) in [6.45, 7) is 2.05. The summed E-state index contributed by atoms with van der Waals surface area (Å²) in [5, 5.41) is 9.15. The second-order valence-corrected chi connectivity index (χ2v) is 6.55. The molecule has 1 atom stereocenters. The summed E-state index contributed by atoms with van der Waals surface area (Å²) in [4.78, 5) is 0.0547. The third kappa shape index (κ3) is 3.05. The van der Waals surface area contributed by atoms with E-state index in [0.29, 0.717) is 24.5 Å². The normalized spacial score (nSPS) is 16.3. The van der Waals surface area contributed by atoms with E-state index in [1.54, 1.807) is 13.0 Å². The highest BCUT2D eigenvalue weighted by molar-refractivity contribution is 7.89. The Hall–Kier alpha value is -1.31. The Morgan fingerprint density at radius 3 is 2.90 bits per heavy atom. The standard InChI is InChI=1S/C13H20N2O4S/c1-2-11(8-16)15-20(17,18)12-7-10(14)6-9-4-3-5-19-13(9)12/h6-7,11,15-16H,2-5,8,14H2,1H3/t11-/m0/s1. The van der Waals surface area contributed by atoms with Crippen LogP contribution < -0.4 is 15.2 Å². The van der Waals surface area contributed by atoms with Gasteiger partial charge < -0.3 is 15.6 Å². The number of ether oxygens (including phenoxy) is 1. The average molecular weight is 300 g/mol. The van der Waals surface area contributed by atoms with Gasteiger partial charge in [-0.15, -0.1) is 0 Å². The fourth-order valence-corrected chi connectivity index (χ4v) is 3.73. The molecule has 0 spiro atoms. The first-order valence-electron chi connectivity index (χ1n) is 6.66. The minimum atomic E-state index is -3.76. The van der Waals surface area contributed by atoms with E-state index < -0.39 is 16.1 Å². The van der Waals surface area contributed by atoms with Crippen molar-refractivity contribution in [2.45, 2.75) is 37.1 Å². The lowest BCUT2D eigenvalue weighted by Crippen LogP contribution is -2.37. The first kappa shape index (κ1) is 15.1. The quantitative estimate of drug-likeness (QED) is 0.693. The molecule has 1 heterocycles. The number of hydrogen-bond acceptors (Lipinski definition) is 5. The van der Waals surface area contributed by atoms with Crippen molar-refractivity contribution >= 4 is 15.7 Å². The zero-order valence-corrected chi connectivity index (χ0v) is 12.2. The Kier molecular flexibility index (Phi) is 4.52. The van der Waals surface area contributed by atoms with Crippen LogP contribution >= 0.6 is 0 Å². The van der Waals surface area contributed by atoms with Crippen LogP contribution in [0, 0.1) is 0 Å². The van der Waals surface area contributed by atoms with Crippen LogP contribution in [0.5, 0.6) is 5.75 Å². The van der Waals surface area contributed by atoms with Gasteiger partial charge in [-0.2, -0.15) is 0 Å². The van der Waals surface area contributed by atoms with E-state index in [1.165, 1.54) is 6.07 Å². The average Bonchev–Trinajstić information content (AvgIpc) is 2.43. The van der Waals surface area contributed by atoms with Crippen LogP contribution in [0.3, 0.4) is 0 Å². The molecule has 0 saturated heterocycles. The van der Waals surface area contributed by atoms with Crippen LogP contribution in [0.4, 0.5) is 5.69 Å². The predicted molar refractivity (Wildman–Crippen MR) is 76.2 cm³/mol. The zero-order valence-electron chi connectivity index (χ0n) is 11.4. The van der Waals surface area contributed by atoms with Gasteiger partial charge in [-0.25, -0.2) is 13.1 Å². The summed E-state index contributed by atoms with van der Waals surface area (Å²) in [7, 11) is -3.76. The Balaban J connectivity index is 2.43. The van der Waals surface area contributed by atoms with E-state index >= 15 is 0 Å². The van der Waals surface area contributed by atoms with Crippen molar-refractivity contribution in [2.75, 3.05) is 18.9 Å². The highest BCUT2D eigenvalue weighted by Crippen LogP contribution is 2.34. The molecule has 4 N–H and O–H groups in total. The number of nitrogens with two attached hydrogens (primary N) is 1. The number of hydrogen-bond donors (Lipinski definition) is 3. The highest BCUT2D eigenvalue weighted by Gasteiger charge is 2.26. The summed E-state index contributed by atoms with van der Waals surface area (Å²) in [5.41, 5.74) is 6.99. The lowest BCUT2D eigenvalue weighted by Gasteiger charge is -2.22. The molecule has 6 nitrogen and oxygen atoms in total. The highest BCUT2D eigenvalue weighted by atomic mass is 32.2. The molecule has 7 heteroatoms. The maximum absolute atomic E-state index is 12.4. The van der Waals surface area contributed by atoms with Crippen LogP contribution in [0.25, 0.3) is 0 Å². The molecular formula is C13H20N2O4S. The van der Waals surface area contributed by atoms with Crippen molar-refractivity contribution in [1.29, 1.82) is 0 Å². The molecule has 20 heavy (non-hydrogen) atoms. The second kappa shape index (κ2) is 5.99. The maximum Gasteiger partial charge on any atom is 0.244 e. The van der Waals surface area contributed by atoms with Crippen LogP contribution in [-0.4, -0.2) is 32.8 Å². The van der Waals surface area contributed by atoms with Gasteiger partial charge in [0.1, 0.15) is 10.6 Å². The van der Waals surface area contributed by atoms with Gasteiger partial charge in [0.2, 0.25) is 10.0 Å². The Morgan fingerprint density at radius 2 is 2.25 bits per heavy atom. The minimum absolute atomic E-state index is 0.0547. The molecule has 112 valence electrons. The molecular weight excluding hydrogens is 280 g/mol. The number of sulfonamides is 1. The molecule has 0 unspecified atom stereocenters. The third-order valence-corrected chi connectivity index (χ3v) is 4.84. The van der Waals surface area contributed by atoms with Crippen molar-refractivity contribution < 1.29 is 18.3 Å². The Labute approximate surface area is 119 Å². The number of rotatable bonds is 5. The van der Waals surface area contributed by atoms with Crippen LogP contribution in [-0.2, 0) is 16.4 Å². The first-order valence-corrected chi connectivity index (χ1v) is 8.14. The molecule has 1 aliphatic rings. The first-order chi connectivity index (χ1) is 9.47. The van der Waals surface area contributed by atoms with Crippen molar-refractivity contribution in [3.8, 4) is 5.75 Å². The Morgan fingerprint density at radius 1 is 1.50 bits per heavy atom. The van der Waals surface area contributed by atoms with Gasteiger partial charge in [-0.05, 0) is 37.0 Å².